The van der Waals surface area contributed by atoms with Gasteiger partial charge in [-0.05, 0) is 12.1 Å². The lowest BCUT2D eigenvalue weighted by Gasteiger charge is -2.48. The first-order valence-electron chi connectivity index (χ1n) is 33.4. The smallest absolute Gasteiger partial charge is 0.338 e. The molecule has 3 aromatic rings. The van der Waals surface area contributed by atoms with Crippen molar-refractivity contribution in [2.24, 2.45) is 0 Å². The molecule has 0 radical (unpaired) electrons. The van der Waals surface area contributed by atoms with Crippen molar-refractivity contribution in [3.05, 3.63) is 47.5 Å². The average Bonchev–Trinajstić information content (AvgIpc) is 1.02. The molecule has 0 bridgehead atoms. The van der Waals surface area contributed by atoms with Crippen molar-refractivity contribution >= 4 is 89.5 Å². The molecule has 0 amide bonds. The maximum Gasteiger partial charge on any atom is 0.338 e. The van der Waals surface area contributed by atoms with Crippen molar-refractivity contribution < 1.29 is 181 Å². The molecule has 2 aromatic heterocycles. The molecule has 0 N–H and O–H groups in total. The van der Waals surface area contributed by atoms with Crippen LogP contribution in [0.1, 0.15) is 131 Å². The Labute approximate surface area is 624 Å². The highest BCUT2D eigenvalue weighted by Gasteiger charge is 2.60. The van der Waals surface area contributed by atoms with Gasteiger partial charge in [0.05, 0.1) is 25.1 Å². The minimum absolute atomic E-state index is 0.00391. The van der Waals surface area contributed by atoms with E-state index in [0.717, 1.165) is 113 Å². The van der Waals surface area contributed by atoms with Gasteiger partial charge in [0.25, 0.3) is 0 Å². The molecule has 0 spiro atoms. The van der Waals surface area contributed by atoms with Gasteiger partial charge in [0.15, 0.2) is 86.1 Å². The second-order valence-corrected chi connectivity index (χ2v) is 24.5. The Kier molecular flexibility index (Phi) is 30.8. The van der Waals surface area contributed by atoms with Crippen LogP contribution in [0, 0.1) is 0 Å². The molecule has 4 aliphatic heterocycles. The molecule has 4 fully saturated rings. The molecule has 1 aromatic carbocycles. The van der Waals surface area contributed by atoms with Crippen LogP contribution in [-0.2, 0) is 180 Å². The van der Waals surface area contributed by atoms with E-state index in [1.54, 1.807) is 0 Å². The van der Waals surface area contributed by atoms with E-state index in [-0.39, 0.29) is 28.5 Å². The zero-order valence-electron chi connectivity index (χ0n) is 61.9. The third kappa shape index (κ3) is 24.5. The number of carbonyl (C=O) groups is 15. The van der Waals surface area contributed by atoms with Crippen molar-refractivity contribution in [2.45, 2.75) is 233 Å². The maximum atomic E-state index is 13.2. The van der Waals surface area contributed by atoms with Gasteiger partial charge in [-0.25, -0.2) is 14.2 Å². The van der Waals surface area contributed by atoms with E-state index in [0.29, 0.717) is 0 Å². The highest BCUT2D eigenvalue weighted by atomic mass is 16.8. The van der Waals surface area contributed by atoms with Crippen LogP contribution in [0.25, 0.3) is 0 Å². The summed E-state index contributed by atoms with van der Waals surface area (Å²) in [5.74, 6) is -14.3. The van der Waals surface area contributed by atoms with Crippen molar-refractivity contribution in [2.75, 3.05) is 33.5 Å². The second kappa shape index (κ2) is 39.3. The summed E-state index contributed by atoms with van der Waals surface area (Å²) in [7, 11) is 1.10. The maximum absolute atomic E-state index is 13.2. The summed E-state index contributed by atoms with van der Waals surface area (Å²) in [6.45, 7) is 10.3. The molecule has 0 unspecified atom stereocenters. The molecule has 0 saturated carbocycles. The van der Waals surface area contributed by atoms with E-state index in [4.69, 9.17) is 109 Å². The monoisotopic (exact) mass is 1570 g/mol. The molecule has 20 atom stereocenters. The van der Waals surface area contributed by atoms with E-state index >= 15 is 0 Å². The third-order valence-electron chi connectivity index (χ3n) is 15.5. The van der Waals surface area contributed by atoms with Crippen molar-refractivity contribution in [3.63, 3.8) is 0 Å². The topological polar surface area (TPSA) is 530 Å². The fraction of sp³-hybridized carbons (Fsp3) is 0.621. The summed E-state index contributed by atoms with van der Waals surface area (Å²) in [6.07, 6.45) is -32.4. The van der Waals surface area contributed by atoms with Crippen LogP contribution in [0.5, 0.6) is 11.5 Å². The van der Waals surface area contributed by atoms with E-state index in [9.17, 15) is 71.9 Å². The van der Waals surface area contributed by atoms with Gasteiger partial charge < -0.3 is 109 Å². The SMILES string of the molecule is COC(=O)c1cc(OCc2cn([C@@H]3O[C@H](COC(C)=O)[C@@H](O[C@@H]4O[C@H](COC(C)=O)[C@H](OC(C)=O)[C@H](OC(C)=O)[C@H]4OC(C)=O)[C@H](OC(C)=O)[C@H]3OC(C)=O)nn2)cc(OCc2cn([C@@H]3O[C@H](COC(C)=O)[C@@H](O[C@@H]4O[C@H](COC(C)=O)[C@H](OC(C)=O)[C@H](OC(C)=O)[C@H]4OC(C)=O)[C@H](OC(C)=O)[C@H]3OC(C)=O)nn2)c1. The zero-order valence-corrected chi connectivity index (χ0v) is 61.9. The fourth-order valence-electron chi connectivity index (χ4n) is 11.7. The molecule has 0 aliphatic carbocycles. The van der Waals surface area contributed by atoms with Gasteiger partial charge in [0.2, 0.25) is 0 Å². The first-order valence-corrected chi connectivity index (χ1v) is 33.4. The lowest BCUT2D eigenvalue weighted by Crippen LogP contribution is -2.66. The predicted molar refractivity (Wildman–Crippen MR) is 343 cm³/mol. The van der Waals surface area contributed by atoms with Gasteiger partial charge in [-0.2, -0.15) is 0 Å². The van der Waals surface area contributed by atoms with Crippen LogP contribution >= 0.6 is 0 Å². The number of nitrogens with zero attached hydrogens (tertiary/aromatic N) is 6. The Morgan fingerprint density at radius 1 is 0.327 bits per heavy atom. The van der Waals surface area contributed by atoms with Gasteiger partial charge in [0.1, 0.15) is 99.2 Å². The standard InChI is InChI=1S/C66H82N6O38/c1-27(73)89-23-46-52(109-65-60(103-39(13)85)56(99-35(9)81)50(95-31(5)77)48(107-65)25-91-29(3)75)54(97-33(7)79)58(101-37(11)83)62(105-46)71-19-42(67-69-71)21-93-44-16-41(64(87)88-15)17-45(18-44)94-22-43-20-72(70-68-43)63-59(102-38(12)84)55(98-34(8)80)53(47(106-63)24-90-28(2)74)110-66-61(104-40(14)86)57(100-36(10)82)51(96-32(6)78)49(108-66)26-92-30(4)76/h16-20,46-63,65-66H,21-26H2,1-15H3/t46-,47-,48-,49-,50+,51+,52-,53-,54+,55+,56+,57+,58-,59-,60-,61-,62-,63-,65+,66+/m1/s1. The number of rotatable bonds is 31. The summed E-state index contributed by atoms with van der Waals surface area (Å²) < 4.78 is 135. The number of aromatic nitrogens is 6. The van der Waals surface area contributed by atoms with E-state index < -0.39 is 252 Å². The number of methoxy groups -OCH3 is 1. The van der Waals surface area contributed by atoms with Crippen LogP contribution in [0.4, 0.5) is 0 Å². The van der Waals surface area contributed by atoms with Gasteiger partial charge in [-0.1, -0.05) is 10.4 Å². The van der Waals surface area contributed by atoms with E-state index in [1.807, 2.05) is 0 Å². The van der Waals surface area contributed by atoms with Gasteiger partial charge in [-0.15, -0.1) is 10.2 Å². The van der Waals surface area contributed by atoms with E-state index in [1.165, 1.54) is 30.6 Å². The Morgan fingerprint density at radius 3 is 0.873 bits per heavy atom. The number of benzene rings is 1. The average molecular weight is 1570 g/mol. The second-order valence-electron chi connectivity index (χ2n) is 24.5. The molecule has 44 nitrogen and oxygen atoms in total. The number of hydrogen-bond donors (Lipinski definition) is 0. The predicted octanol–water partition coefficient (Wildman–Crippen LogP) is -0.601. The minimum Gasteiger partial charge on any atom is -0.487 e. The molecular weight excluding hydrogens is 1480 g/mol. The Bertz CT molecular complexity index is 3630. The first-order chi connectivity index (χ1) is 51.9. The van der Waals surface area contributed by atoms with Crippen molar-refractivity contribution in [1.29, 1.82) is 0 Å². The molecule has 7 rings (SSSR count). The van der Waals surface area contributed by atoms with Gasteiger partial charge in [0, 0.05) is 103 Å². The summed E-state index contributed by atoms with van der Waals surface area (Å²) in [6, 6.07) is 3.86. The van der Waals surface area contributed by atoms with Gasteiger partial charge in [-0.3, -0.25) is 67.1 Å². The molecule has 44 heteroatoms. The van der Waals surface area contributed by atoms with Crippen LogP contribution < -0.4 is 9.47 Å². The molecule has 110 heavy (non-hydrogen) atoms. The molecule has 4 saturated heterocycles. The van der Waals surface area contributed by atoms with Crippen LogP contribution in [-0.4, -0.2) is 263 Å². The Balaban J connectivity index is 1.17. The number of ether oxygens (including phenoxy) is 23. The van der Waals surface area contributed by atoms with Crippen molar-refractivity contribution in [3.8, 4) is 11.5 Å². The highest BCUT2D eigenvalue weighted by molar-refractivity contribution is 5.90. The first kappa shape index (κ1) is 86.2. The van der Waals surface area contributed by atoms with Gasteiger partial charge >= 0.3 is 89.5 Å². The molecule has 4 aliphatic rings. The summed E-state index contributed by atoms with van der Waals surface area (Å²) in [5, 5.41) is 16.7. The van der Waals surface area contributed by atoms with Crippen molar-refractivity contribution in [1.82, 2.24) is 30.0 Å². The largest absolute Gasteiger partial charge is 0.487 e. The zero-order chi connectivity index (χ0) is 81.1. The molecule has 6 heterocycles. The summed E-state index contributed by atoms with van der Waals surface area (Å²) in [5.41, 5.74) is -0.134. The lowest BCUT2D eigenvalue weighted by atomic mass is 9.95. The summed E-state index contributed by atoms with van der Waals surface area (Å²) >= 11 is 0. The van der Waals surface area contributed by atoms with Crippen LogP contribution in [0.3, 0.4) is 0 Å². The lowest BCUT2D eigenvalue weighted by molar-refractivity contribution is -0.349. The molecular formula is C66H82N6O38. The quantitative estimate of drug-likeness (QED) is 0.0573. The molecule has 604 valence electrons. The van der Waals surface area contributed by atoms with E-state index in [2.05, 4.69) is 20.6 Å². The Morgan fingerprint density at radius 2 is 0.591 bits per heavy atom. The number of carbonyl (C=O) groups excluding carboxylic acids is 15. The van der Waals surface area contributed by atoms with Crippen LogP contribution in [0.15, 0.2) is 30.6 Å². The fourth-order valence-corrected chi connectivity index (χ4v) is 11.7. The van der Waals surface area contributed by atoms with Crippen LogP contribution in [0.2, 0.25) is 0 Å². The number of hydrogen-bond acceptors (Lipinski definition) is 42. The minimum atomic E-state index is -1.97. The third-order valence-corrected chi connectivity index (χ3v) is 15.5. The number of esters is 15. The normalized spacial score (nSPS) is 27.6. The summed E-state index contributed by atoms with van der Waals surface area (Å²) in [4.78, 5) is 191. The highest BCUT2D eigenvalue weighted by Crippen LogP contribution is 2.41. The Hall–Kier alpha value is -11.1.